The van der Waals surface area contributed by atoms with Gasteiger partial charge >= 0.3 is 5.76 Å². The molecular formula is C16H21N3O6S. The van der Waals surface area contributed by atoms with E-state index in [1.807, 2.05) is 0 Å². The maximum absolute atomic E-state index is 12.4. The van der Waals surface area contributed by atoms with Crippen LogP contribution in [0.3, 0.4) is 0 Å². The highest BCUT2D eigenvalue weighted by molar-refractivity contribution is 7.89. The van der Waals surface area contributed by atoms with Crippen LogP contribution in [-0.2, 0) is 26.1 Å². The van der Waals surface area contributed by atoms with Gasteiger partial charge in [-0.2, -0.15) is 0 Å². The van der Waals surface area contributed by atoms with Gasteiger partial charge in [0.05, 0.1) is 30.5 Å². The Kier molecular flexibility index (Phi) is 5.17. The molecule has 0 spiro atoms. The zero-order valence-electron chi connectivity index (χ0n) is 14.5. The highest BCUT2D eigenvalue weighted by atomic mass is 32.2. The topological polar surface area (TPSA) is 111 Å². The molecule has 1 aliphatic heterocycles. The highest BCUT2D eigenvalue weighted by Crippen LogP contribution is 2.17. The number of fused-ring (bicyclic) bond motifs is 1. The van der Waals surface area contributed by atoms with Crippen LogP contribution >= 0.6 is 0 Å². The molecule has 9 nitrogen and oxygen atoms in total. The van der Waals surface area contributed by atoms with Crippen molar-refractivity contribution in [2.75, 3.05) is 33.1 Å². The zero-order valence-corrected chi connectivity index (χ0v) is 15.4. The number of benzene rings is 1. The molecule has 0 unspecified atom stereocenters. The molecule has 1 saturated heterocycles. The van der Waals surface area contributed by atoms with E-state index in [9.17, 15) is 18.0 Å². The smallest absolute Gasteiger partial charge is 0.408 e. The van der Waals surface area contributed by atoms with E-state index in [0.29, 0.717) is 11.1 Å². The Morgan fingerprint density at radius 3 is 2.77 bits per heavy atom. The predicted molar refractivity (Wildman–Crippen MR) is 94.2 cm³/mol. The third-order valence-electron chi connectivity index (χ3n) is 4.40. The van der Waals surface area contributed by atoms with Gasteiger partial charge < -0.3 is 14.5 Å². The third kappa shape index (κ3) is 3.81. The summed E-state index contributed by atoms with van der Waals surface area (Å²) in [7, 11) is -0.469. The lowest BCUT2D eigenvalue weighted by Crippen LogP contribution is -2.45. The van der Waals surface area contributed by atoms with Crippen LogP contribution in [0.15, 0.2) is 33.5 Å². The molecule has 1 amide bonds. The molecule has 10 heteroatoms. The number of nitrogens with zero attached hydrogens (tertiary/aromatic N) is 2. The van der Waals surface area contributed by atoms with E-state index in [4.69, 9.17) is 9.15 Å². The van der Waals surface area contributed by atoms with E-state index in [2.05, 4.69) is 5.32 Å². The van der Waals surface area contributed by atoms with Gasteiger partial charge in [-0.25, -0.2) is 17.5 Å². The number of nitrogens with one attached hydrogen (secondary N) is 1. The van der Waals surface area contributed by atoms with Gasteiger partial charge in [0.2, 0.25) is 15.9 Å². The van der Waals surface area contributed by atoms with E-state index < -0.39 is 27.7 Å². The molecule has 3 rings (SSSR count). The minimum absolute atomic E-state index is 0.112. The number of carbonyl (C=O) groups excluding carboxylic acids is 1. The van der Waals surface area contributed by atoms with Crippen LogP contribution in [0, 0.1) is 5.92 Å². The molecule has 2 aromatic rings. The first-order chi connectivity index (χ1) is 12.3. The molecule has 1 aromatic heterocycles. The van der Waals surface area contributed by atoms with Crippen LogP contribution in [0.1, 0.15) is 0 Å². The van der Waals surface area contributed by atoms with Crippen molar-refractivity contribution >= 4 is 27.0 Å². The van der Waals surface area contributed by atoms with Crippen molar-refractivity contribution in [2.45, 2.75) is 12.6 Å². The van der Waals surface area contributed by atoms with Crippen molar-refractivity contribution in [1.82, 2.24) is 14.2 Å². The standard InChI is InChI=1S/C16H21N3O6S/c1-18(2)26(22,23)10-11-8-24-9-12(11)17-15(20)7-19-13-5-3-4-6-14(13)25-16(19)21/h3-6,11-12H,7-10H2,1-2H3,(H,17,20)/t11-,12-/m0/s1. The average molecular weight is 383 g/mol. The van der Waals surface area contributed by atoms with Crippen molar-refractivity contribution in [3.63, 3.8) is 0 Å². The van der Waals surface area contributed by atoms with Gasteiger partial charge in [-0.3, -0.25) is 9.36 Å². The number of hydrogen-bond donors (Lipinski definition) is 1. The van der Waals surface area contributed by atoms with Crippen molar-refractivity contribution in [1.29, 1.82) is 0 Å². The molecule has 0 bridgehead atoms. The van der Waals surface area contributed by atoms with E-state index in [1.54, 1.807) is 24.3 Å². The minimum atomic E-state index is -3.40. The fourth-order valence-corrected chi connectivity index (χ4v) is 4.07. The second-order valence-electron chi connectivity index (χ2n) is 6.45. The molecule has 142 valence electrons. The second kappa shape index (κ2) is 7.22. The Bertz CT molecular complexity index is 962. The molecule has 1 aromatic carbocycles. The fraction of sp³-hybridized carbons (Fsp3) is 0.500. The number of ether oxygens (including phenoxy) is 1. The normalized spacial score (nSPS) is 20.7. The molecule has 1 fully saturated rings. The molecule has 2 atom stereocenters. The van der Waals surface area contributed by atoms with Crippen molar-refractivity contribution in [3.05, 3.63) is 34.8 Å². The van der Waals surface area contributed by atoms with Crippen LogP contribution in [-0.4, -0.2) is 62.3 Å². The summed E-state index contributed by atoms with van der Waals surface area (Å²) in [5.41, 5.74) is 0.937. The maximum atomic E-state index is 12.4. The second-order valence-corrected chi connectivity index (χ2v) is 8.68. The summed E-state index contributed by atoms with van der Waals surface area (Å²) < 4.78 is 37.0. The van der Waals surface area contributed by atoms with Gasteiger partial charge in [-0.05, 0) is 12.1 Å². The van der Waals surface area contributed by atoms with Gasteiger partial charge in [-0.1, -0.05) is 12.1 Å². The molecule has 1 N–H and O–H groups in total. The molecular weight excluding hydrogens is 362 g/mol. The Labute approximate surface area is 150 Å². The van der Waals surface area contributed by atoms with Gasteiger partial charge in [0, 0.05) is 20.0 Å². The van der Waals surface area contributed by atoms with Gasteiger partial charge in [-0.15, -0.1) is 0 Å². The molecule has 0 aliphatic carbocycles. The first-order valence-electron chi connectivity index (χ1n) is 8.13. The predicted octanol–water partition coefficient (Wildman–Crippen LogP) is -0.383. The van der Waals surface area contributed by atoms with Gasteiger partial charge in [0.1, 0.15) is 6.54 Å². The van der Waals surface area contributed by atoms with Crippen molar-refractivity contribution in [2.24, 2.45) is 5.92 Å². The zero-order chi connectivity index (χ0) is 18.9. The van der Waals surface area contributed by atoms with E-state index in [1.165, 1.54) is 18.7 Å². The van der Waals surface area contributed by atoms with E-state index in [0.717, 1.165) is 4.31 Å². The number of sulfonamides is 1. The lowest BCUT2D eigenvalue weighted by Gasteiger charge is -2.21. The summed E-state index contributed by atoms with van der Waals surface area (Å²) in [6.45, 7) is 0.284. The van der Waals surface area contributed by atoms with Gasteiger partial charge in [0.15, 0.2) is 5.58 Å². The molecule has 1 aliphatic rings. The number of hydrogen-bond acceptors (Lipinski definition) is 6. The fourth-order valence-electron chi connectivity index (χ4n) is 2.90. The highest BCUT2D eigenvalue weighted by Gasteiger charge is 2.34. The van der Waals surface area contributed by atoms with Crippen LogP contribution in [0.2, 0.25) is 0 Å². The van der Waals surface area contributed by atoms with E-state index >= 15 is 0 Å². The van der Waals surface area contributed by atoms with Crippen LogP contribution < -0.4 is 11.1 Å². The lowest BCUT2D eigenvalue weighted by atomic mass is 10.1. The van der Waals surface area contributed by atoms with Crippen LogP contribution in [0.25, 0.3) is 11.1 Å². The summed E-state index contributed by atoms with van der Waals surface area (Å²) in [4.78, 5) is 24.3. The third-order valence-corrected chi connectivity index (χ3v) is 6.36. The maximum Gasteiger partial charge on any atom is 0.420 e. The number of oxazole rings is 1. The number of aromatic nitrogens is 1. The molecule has 2 heterocycles. The van der Waals surface area contributed by atoms with Gasteiger partial charge in [0.25, 0.3) is 0 Å². The molecule has 26 heavy (non-hydrogen) atoms. The Morgan fingerprint density at radius 2 is 2.04 bits per heavy atom. The van der Waals surface area contributed by atoms with Crippen molar-refractivity contribution in [3.8, 4) is 0 Å². The summed E-state index contributed by atoms with van der Waals surface area (Å²) >= 11 is 0. The summed E-state index contributed by atoms with van der Waals surface area (Å²) in [5.74, 6) is -1.47. The average Bonchev–Trinajstić information content (AvgIpc) is 3.12. The first-order valence-corrected chi connectivity index (χ1v) is 9.74. The monoisotopic (exact) mass is 383 g/mol. The summed E-state index contributed by atoms with van der Waals surface area (Å²) in [5, 5.41) is 2.77. The number of rotatable bonds is 6. The minimum Gasteiger partial charge on any atom is -0.408 e. The SMILES string of the molecule is CN(C)S(=O)(=O)C[C@@H]1COC[C@@H]1NC(=O)Cn1c(=O)oc2ccccc21. The lowest BCUT2D eigenvalue weighted by molar-refractivity contribution is -0.122. The molecule has 0 saturated carbocycles. The summed E-state index contributed by atoms with van der Waals surface area (Å²) in [6.07, 6.45) is 0. The number of amides is 1. The summed E-state index contributed by atoms with van der Waals surface area (Å²) in [6, 6.07) is 6.41. The largest absolute Gasteiger partial charge is 0.420 e. The Balaban J connectivity index is 1.69. The first kappa shape index (κ1) is 18.6. The number of para-hydroxylation sites is 2. The molecule has 0 radical (unpaired) electrons. The van der Waals surface area contributed by atoms with Crippen molar-refractivity contribution < 1.29 is 22.4 Å². The Hall–Kier alpha value is -2.17. The quantitative estimate of drug-likeness (QED) is 0.728. The Morgan fingerprint density at radius 1 is 1.31 bits per heavy atom. The van der Waals surface area contributed by atoms with E-state index in [-0.39, 0.29) is 31.4 Å². The van der Waals surface area contributed by atoms with Crippen LogP contribution in [0.4, 0.5) is 0 Å². The number of carbonyl (C=O) groups is 1. The van der Waals surface area contributed by atoms with Crippen LogP contribution in [0.5, 0.6) is 0 Å².